The second-order valence-corrected chi connectivity index (χ2v) is 3.05. The van der Waals surface area contributed by atoms with E-state index in [1.807, 2.05) is 12.3 Å². The Kier molecular flexibility index (Phi) is 1.86. The molecule has 0 fully saturated rings. The van der Waals surface area contributed by atoms with Gasteiger partial charge in [-0.05, 0) is 12.5 Å². The molecule has 0 aliphatic carbocycles. The van der Waals surface area contributed by atoms with Crippen molar-refractivity contribution in [2.45, 2.75) is 19.4 Å². The van der Waals surface area contributed by atoms with Gasteiger partial charge in [0.1, 0.15) is 0 Å². The van der Waals surface area contributed by atoms with Crippen LogP contribution >= 0.6 is 0 Å². The molecule has 2 N–H and O–H groups in total. The van der Waals surface area contributed by atoms with Crippen LogP contribution in [0.15, 0.2) is 18.5 Å². The topological polar surface area (TPSA) is 37.0 Å². The van der Waals surface area contributed by atoms with Crippen LogP contribution in [-0.4, -0.2) is 17.6 Å². The number of pyridine rings is 1. The molecule has 0 amide bonds. The van der Waals surface area contributed by atoms with Crippen molar-refractivity contribution in [1.29, 1.82) is 0 Å². The number of hydrogen-bond acceptors (Lipinski definition) is 3. The monoisotopic (exact) mass is 163 g/mol. The molecule has 1 atom stereocenters. The van der Waals surface area contributed by atoms with Gasteiger partial charge in [-0.3, -0.25) is 4.98 Å². The van der Waals surface area contributed by atoms with E-state index in [0.717, 1.165) is 24.3 Å². The van der Waals surface area contributed by atoms with Crippen LogP contribution < -0.4 is 10.6 Å². The van der Waals surface area contributed by atoms with Crippen LogP contribution in [0.2, 0.25) is 0 Å². The Bertz CT molecular complexity index is 272. The van der Waals surface area contributed by atoms with Crippen molar-refractivity contribution in [3.05, 3.63) is 18.5 Å². The molecule has 64 valence electrons. The van der Waals surface area contributed by atoms with Crippen LogP contribution in [0, 0.1) is 0 Å². The van der Waals surface area contributed by atoms with Gasteiger partial charge in [-0.2, -0.15) is 0 Å². The zero-order chi connectivity index (χ0) is 8.39. The summed E-state index contributed by atoms with van der Waals surface area (Å²) in [6, 6.07) is 2.54. The molecule has 1 aromatic heterocycles. The zero-order valence-corrected chi connectivity index (χ0v) is 7.17. The number of nitrogens with one attached hydrogen (secondary N) is 2. The van der Waals surface area contributed by atoms with Crippen LogP contribution in [-0.2, 0) is 0 Å². The summed E-state index contributed by atoms with van der Waals surface area (Å²) in [6.07, 6.45) is 4.81. The molecular weight excluding hydrogens is 150 g/mol. The van der Waals surface area contributed by atoms with E-state index in [9.17, 15) is 0 Å². The van der Waals surface area contributed by atoms with Gasteiger partial charge >= 0.3 is 0 Å². The molecule has 1 aromatic rings. The molecule has 12 heavy (non-hydrogen) atoms. The van der Waals surface area contributed by atoms with Crippen molar-refractivity contribution in [3.63, 3.8) is 0 Å². The third kappa shape index (κ3) is 1.22. The van der Waals surface area contributed by atoms with E-state index in [1.165, 1.54) is 0 Å². The smallest absolute Gasteiger partial charge is 0.0765 e. The second-order valence-electron chi connectivity index (χ2n) is 3.05. The molecule has 0 saturated carbocycles. The van der Waals surface area contributed by atoms with Crippen molar-refractivity contribution in [3.8, 4) is 0 Å². The van der Waals surface area contributed by atoms with Crippen LogP contribution in [0.1, 0.15) is 13.3 Å². The highest BCUT2D eigenvalue weighted by Crippen LogP contribution is 2.24. The minimum atomic E-state index is 0.543. The normalized spacial score (nSPS) is 20.6. The van der Waals surface area contributed by atoms with Gasteiger partial charge in [0.15, 0.2) is 0 Å². The van der Waals surface area contributed by atoms with Crippen molar-refractivity contribution >= 4 is 11.4 Å². The minimum Gasteiger partial charge on any atom is -0.381 e. The SMILES string of the molecule is CCC1CNc2ccncc2N1. The van der Waals surface area contributed by atoms with E-state index in [4.69, 9.17) is 0 Å². The first-order valence-electron chi connectivity index (χ1n) is 4.34. The maximum absolute atomic E-state index is 4.06. The fourth-order valence-corrected chi connectivity index (χ4v) is 1.41. The van der Waals surface area contributed by atoms with Gasteiger partial charge in [0.2, 0.25) is 0 Å². The molecule has 1 aliphatic heterocycles. The Hall–Kier alpha value is -1.25. The van der Waals surface area contributed by atoms with Gasteiger partial charge in [-0.15, -0.1) is 0 Å². The summed E-state index contributed by atoms with van der Waals surface area (Å²) in [5, 5.41) is 6.78. The van der Waals surface area contributed by atoms with Gasteiger partial charge in [0.25, 0.3) is 0 Å². The lowest BCUT2D eigenvalue weighted by molar-refractivity contribution is 0.712. The van der Waals surface area contributed by atoms with Crippen molar-refractivity contribution in [2.75, 3.05) is 17.2 Å². The van der Waals surface area contributed by atoms with Gasteiger partial charge in [0.05, 0.1) is 17.6 Å². The first-order valence-corrected chi connectivity index (χ1v) is 4.34. The molecule has 2 heterocycles. The number of anilines is 2. The van der Waals surface area contributed by atoms with Crippen LogP contribution in [0.4, 0.5) is 11.4 Å². The number of fused-ring (bicyclic) bond motifs is 1. The van der Waals surface area contributed by atoms with E-state index in [1.54, 1.807) is 6.20 Å². The predicted molar refractivity (Wildman–Crippen MR) is 50.4 cm³/mol. The summed E-state index contributed by atoms with van der Waals surface area (Å²) in [4.78, 5) is 4.06. The summed E-state index contributed by atoms with van der Waals surface area (Å²) in [5.74, 6) is 0. The predicted octanol–water partition coefficient (Wildman–Crippen LogP) is 1.70. The fourth-order valence-electron chi connectivity index (χ4n) is 1.41. The number of rotatable bonds is 1. The van der Waals surface area contributed by atoms with E-state index in [-0.39, 0.29) is 0 Å². The largest absolute Gasteiger partial charge is 0.381 e. The maximum Gasteiger partial charge on any atom is 0.0765 e. The van der Waals surface area contributed by atoms with Crippen molar-refractivity contribution in [1.82, 2.24) is 4.98 Å². The Labute approximate surface area is 72.2 Å². The van der Waals surface area contributed by atoms with Crippen LogP contribution in [0.25, 0.3) is 0 Å². The number of aromatic nitrogens is 1. The fraction of sp³-hybridized carbons (Fsp3) is 0.444. The molecule has 3 nitrogen and oxygen atoms in total. The molecule has 2 rings (SSSR count). The Balaban J connectivity index is 2.23. The molecule has 1 aliphatic rings. The van der Waals surface area contributed by atoms with E-state index in [2.05, 4.69) is 22.5 Å². The Morgan fingerprint density at radius 1 is 1.58 bits per heavy atom. The lowest BCUT2D eigenvalue weighted by Crippen LogP contribution is -2.32. The molecule has 0 aromatic carbocycles. The summed E-state index contributed by atoms with van der Waals surface area (Å²) >= 11 is 0. The van der Waals surface area contributed by atoms with Crippen molar-refractivity contribution < 1.29 is 0 Å². The first kappa shape index (κ1) is 7.40. The third-order valence-electron chi connectivity index (χ3n) is 2.21. The van der Waals surface area contributed by atoms with Gasteiger partial charge in [0, 0.05) is 18.8 Å². The highest BCUT2D eigenvalue weighted by Gasteiger charge is 2.14. The quantitative estimate of drug-likeness (QED) is 0.661. The van der Waals surface area contributed by atoms with E-state index >= 15 is 0 Å². The summed E-state index contributed by atoms with van der Waals surface area (Å²) in [6.45, 7) is 3.19. The molecule has 0 radical (unpaired) electrons. The minimum absolute atomic E-state index is 0.543. The average Bonchev–Trinajstić information content (AvgIpc) is 2.17. The standard InChI is InChI=1S/C9H13N3/c1-2-7-5-11-8-3-4-10-6-9(8)12-7/h3-4,6-7,11-12H,2,5H2,1H3. The lowest BCUT2D eigenvalue weighted by Gasteiger charge is -2.26. The summed E-state index contributed by atoms with van der Waals surface area (Å²) < 4.78 is 0. The van der Waals surface area contributed by atoms with Gasteiger partial charge < -0.3 is 10.6 Å². The van der Waals surface area contributed by atoms with Gasteiger partial charge in [-0.1, -0.05) is 6.92 Å². The Morgan fingerprint density at radius 3 is 3.33 bits per heavy atom. The van der Waals surface area contributed by atoms with Gasteiger partial charge in [-0.25, -0.2) is 0 Å². The maximum atomic E-state index is 4.06. The summed E-state index contributed by atoms with van der Waals surface area (Å²) in [5.41, 5.74) is 2.28. The lowest BCUT2D eigenvalue weighted by atomic mass is 10.1. The van der Waals surface area contributed by atoms with E-state index < -0.39 is 0 Å². The number of hydrogen-bond donors (Lipinski definition) is 2. The van der Waals surface area contributed by atoms with Crippen LogP contribution in [0.5, 0.6) is 0 Å². The van der Waals surface area contributed by atoms with Crippen molar-refractivity contribution in [2.24, 2.45) is 0 Å². The molecule has 0 saturated heterocycles. The highest BCUT2D eigenvalue weighted by molar-refractivity contribution is 5.69. The summed E-state index contributed by atoms with van der Waals surface area (Å²) in [7, 11) is 0. The van der Waals surface area contributed by atoms with E-state index in [0.29, 0.717) is 6.04 Å². The molecular formula is C9H13N3. The average molecular weight is 163 g/mol. The molecule has 0 bridgehead atoms. The second kappa shape index (κ2) is 3.01. The molecule has 0 spiro atoms. The Morgan fingerprint density at radius 2 is 2.50 bits per heavy atom. The molecule has 3 heteroatoms. The zero-order valence-electron chi connectivity index (χ0n) is 7.17. The number of nitrogens with zero attached hydrogens (tertiary/aromatic N) is 1. The highest BCUT2D eigenvalue weighted by atomic mass is 15.1. The first-order chi connectivity index (χ1) is 5.90. The molecule has 1 unspecified atom stereocenters. The third-order valence-corrected chi connectivity index (χ3v) is 2.21. The van der Waals surface area contributed by atoms with Crippen LogP contribution in [0.3, 0.4) is 0 Å².